The van der Waals surface area contributed by atoms with E-state index in [0.29, 0.717) is 23.8 Å². The molecule has 3 aromatic rings. The van der Waals surface area contributed by atoms with Gasteiger partial charge in [-0.2, -0.15) is 0 Å². The van der Waals surface area contributed by atoms with E-state index in [4.69, 9.17) is 5.11 Å². The van der Waals surface area contributed by atoms with Gasteiger partial charge in [0, 0.05) is 23.9 Å². The minimum absolute atomic E-state index is 0.151. The van der Waals surface area contributed by atoms with Crippen molar-refractivity contribution in [2.75, 3.05) is 0 Å². The number of carbonyl (C=O) groups is 1. The summed E-state index contributed by atoms with van der Waals surface area (Å²) in [6.07, 6.45) is 4.09. The van der Waals surface area contributed by atoms with Crippen molar-refractivity contribution in [2.45, 2.75) is 57.0 Å². The first-order valence-electron chi connectivity index (χ1n) is 10.7. The highest BCUT2D eigenvalue weighted by Crippen LogP contribution is 2.36. The third-order valence-corrected chi connectivity index (χ3v) is 6.37. The number of halogens is 1. The van der Waals surface area contributed by atoms with Crippen LogP contribution in [-0.2, 0) is 11.2 Å². The summed E-state index contributed by atoms with van der Waals surface area (Å²) >= 11 is 0. The largest absolute Gasteiger partial charge is 0.481 e. The van der Waals surface area contributed by atoms with Gasteiger partial charge in [0.15, 0.2) is 0 Å². The predicted molar refractivity (Wildman–Crippen MR) is 118 cm³/mol. The minimum atomic E-state index is -0.758. The summed E-state index contributed by atoms with van der Waals surface area (Å²) < 4.78 is 14.1. The summed E-state index contributed by atoms with van der Waals surface area (Å²) in [4.78, 5) is 10.7. The Morgan fingerprint density at radius 2 is 1.80 bits per heavy atom. The van der Waals surface area contributed by atoms with Gasteiger partial charge in [-0.15, -0.1) is 0 Å². The van der Waals surface area contributed by atoms with Crippen LogP contribution in [0.5, 0.6) is 0 Å². The molecule has 156 valence electrons. The maximum Gasteiger partial charge on any atom is 0.303 e. The highest BCUT2D eigenvalue weighted by molar-refractivity contribution is 5.86. The van der Waals surface area contributed by atoms with Gasteiger partial charge in [-0.05, 0) is 66.7 Å². The fourth-order valence-corrected chi connectivity index (χ4v) is 4.75. The van der Waals surface area contributed by atoms with E-state index in [1.807, 2.05) is 30.3 Å². The lowest BCUT2D eigenvalue weighted by atomic mass is 9.95. The number of aryl methyl sites for hydroxylation is 1. The molecule has 1 aliphatic rings. The molecule has 0 amide bonds. The minimum Gasteiger partial charge on any atom is -0.481 e. The van der Waals surface area contributed by atoms with Gasteiger partial charge in [0.2, 0.25) is 0 Å². The number of fused-ring (bicyclic) bond motifs is 1. The molecule has 0 bridgehead atoms. The summed E-state index contributed by atoms with van der Waals surface area (Å²) in [5.74, 6) is -0.408. The van der Waals surface area contributed by atoms with E-state index >= 15 is 0 Å². The molecule has 0 aliphatic heterocycles. The predicted octanol–water partition coefficient (Wildman–Crippen LogP) is 5.98. The molecular weight excluding hydrogens is 377 g/mol. The topological polar surface area (TPSA) is 49.3 Å². The number of aliphatic carboxylic acids is 1. The fraction of sp³-hybridized carbons (Fsp3) is 0.346. The zero-order valence-electron chi connectivity index (χ0n) is 17.3. The van der Waals surface area contributed by atoms with Crippen molar-refractivity contribution in [1.29, 1.82) is 0 Å². The molecule has 2 N–H and O–H groups in total. The number of hydrogen-bond acceptors (Lipinski definition) is 2. The summed E-state index contributed by atoms with van der Waals surface area (Å²) in [5, 5.41) is 14.2. The van der Waals surface area contributed by atoms with E-state index < -0.39 is 5.97 Å². The molecule has 0 aromatic heterocycles. The van der Waals surface area contributed by atoms with Gasteiger partial charge in [-0.25, -0.2) is 4.39 Å². The van der Waals surface area contributed by atoms with Crippen LogP contribution in [0.3, 0.4) is 0 Å². The standard InChI is InChI=1S/C26H28FNO2/c1-17(22-13-14-25(27)24-5-3-2-4-23(22)24)28-21-12-11-20(16-21)19-9-6-18(7-10-19)8-15-26(29)30/h2-7,9-10,13-14,17,20-21,28H,8,11-12,15-16H2,1H3,(H,29,30)/t17-,20-,21?/m1/s1. The Morgan fingerprint density at radius 1 is 1.07 bits per heavy atom. The van der Waals surface area contributed by atoms with Crippen molar-refractivity contribution in [3.05, 3.63) is 83.2 Å². The van der Waals surface area contributed by atoms with Crippen molar-refractivity contribution in [1.82, 2.24) is 5.32 Å². The van der Waals surface area contributed by atoms with E-state index in [9.17, 15) is 9.18 Å². The van der Waals surface area contributed by atoms with Gasteiger partial charge < -0.3 is 10.4 Å². The molecule has 0 radical (unpaired) electrons. The van der Waals surface area contributed by atoms with Crippen molar-refractivity contribution in [3.8, 4) is 0 Å². The van der Waals surface area contributed by atoms with E-state index in [2.05, 4.69) is 36.5 Å². The molecule has 4 rings (SSSR count). The normalized spacial score (nSPS) is 19.8. The molecule has 4 heteroatoms. The second-order valence-corrected chi connectivity index (χ2v) is 8.41. The number of carboxylic acid groups (broad SMARTS) is 1. The van der Waals surface area contributed by atoms with Crippen molar-refractivity contribution >= 4 is 16.7 Å². The highest BCUT2D eigenvalue weighted by atomic mass is 19.1. The molecule has 1 aliphatic carbocycles. The van der Waals surface area contributed by atoms with Crippen LogP contribution in [0.2, 0.25) is 0 Å². The first-order valence-corrected chi connectivity index (χ1v) is 10.7. The molecule has 1 fully saturated rings. The first-order chi connectivity index (χ1) is 14.5. The van der Waals surface area contributed by atoms with Crippen molar-refractivity contribution in [3.63, 3.8) is 0 Å². The van der Waals surface area contributed by atoms with Crippen molar-refractivity contribution < 1.29 is 14.3 Å². The smallest absolute Gasteiger partial charge is 0.303 e. The molecule has 3 aromatic carbocycles. The van der Waals surface area contributed by atoms with Gasteiger partial charge in [-0.3, -0.25) is 4.79 Å². The van der Waals surface area contributed by atoms with Crippen LogP contribution in [-0.4, -0.2) is 17.1 Å². The maximum absolute atomic E-state index is 14.1. The Morgan fingerprint density at radius 3 is 2.53 bits per heavy atom. The zero-order chi connectivity index (χ0) is 21.1. The van der Waals surface area contributed by atoms with E-state index in [1.165, 1.54) is 5.56 Å². The summed E-state index contributed by atoms with van der Waals surface area (Å²) in [5.41, 5.74) is 3.54. The van der Waals surface area contributed by atoms with Crippen LogP contribution >= 0.6 is 0 Å². The number of hydrogen-bond donors (Lipinski definition) is 2. The SMILES string of the molecule is C[C@@H](NC1CC[C@@H](c2ccc(CCC(=O)O)cc2)C1)c1ccc(F)c2ccccc12. The lowest BCUT2D eigenvalue weighted by Crippen LogP contribution is -2.29. The molecule has 1 unspecified atom stereocenters. The number of nitrogens with one attached hydrogen (secondary N) is 1. The number of carboxylic acids is 1. The Kier molecular flexibility index (Phi) is 6.14. The van der Waals surface area contributed by atoms with E-state index in [1.54, 1.807) is 6.07 Å². The third kappa shape index (κ3) is 4.54. The van der Waals surface area contributed by atoms with E-state index in [0.717, 1.165) is 35.8 Å². The van der Waals surface area contributed by atoms with Gasteiger partial charge in [0.25, 0.3) is 0 Å². The first kappa shape index (κ1) is 20.5. The summed E-state index contributed by atoms with van der Waals surface area (Å²) in [6, 6.07) is 20.2. The molecule has 3 atom stereocenters. The van der Waals surface area contributed by atoms with Crippen LogP contribution in [0.4, 0.5) is 4.39 Å². The maximum atomic E-state index is 14.1. The Balaban J connectivity index is 1.39. The molecule has 3 nitrogen and oxygen atoms in total. The van der Waals surface area contributed by atoms with Crippen LogP contribution in [0.25, 0.3) is 10.8 Å². The molecule has 0 heterocycles. The third-order valence-electron chi connectivity index (χ3n) is 6.37. The number of rotatable bonds is 7. The Hall–Kier alpha value is -2.72. The highest BCUT2D eigenvalue weighted by Gasteiger charge is 2.27. The monoisotopic (exact) mass is 405 g/mol. The van der Waals surface area contributed by atoms with E-state index in [-0.39, 0.29) is 18.3 Å². The summed E-state index contributed by atoms with van der Waals surface area (Å²) in [6.45, 7) is 2.16. The second kappa shape index (κ2) is 8.97. The average molecular weight is 406 g/mol. The van der Waals surface area contributed by atoms with Crippen LogP contribution < -0.4 is 5.32 Å². The van der Waals surface area contributed by atoms with Gasteiger partial charge in [0.1, 0.15) is 5.82 Å². The zero-order valence-corrected chi connectivity index (χ0v) is 17.3. The van der Waals surface area contributed by atoms with Gasteiger partial charge in [0.05, 0.1) is 0 Å². The Bertz CT molecular complexity index is 1030. The lowest BCUT2D eigenvalue weighted by molar-refractivity contribution is -0.136. The molecule has 0 spiro atoms. The van der Waals surface area contributed by atoms with Gasteiger partial charge >= 0.3 is 5.97 Å². The van der Waals surface area contributed by atoms with Crippen LogP contribution in [0.15, 0.2) is 60.7 Å². The molecule has 1 saturated carbocycles. The van der Waals surface area contributed by atoms with Crippen LogP contribution in [0, 0.1) is 5.82 Å². The Labute approximate surface area is 176 Å². The quantitative estimate of drug-likeness (QED) is 0.508. The van der Waals surface area contributed by atoms with Crippen LogP contribution in [0.1, 0.15) is 61.3 Å². The number of benzene rings is 3. The summed E-state index contributed by atoms with van der Waals surface area (Å²) in [7, 11) is 0. The second-order valence-electron chi connectivity index (χ2n) is 8.41. The molecule has 0 saturated heterocycles. The molecule has 30 heavy (non-hydrogen) atoms. The molecular formula is C26H28FNO2. The lowest BCUT2D eigenvalue weighted by Gasteiger charge is -2.22. The average Bonchev–Trinajstić information content (AvgIpc) is 3.21. The van der Waals surface area contributed by atoms with Gasteiger partial charge in [-0.1, -0.05) is 54.6 Å². The van der Waals surface area contributed by atoms with Crippen molar-refractivity contribution in [2.24, 2.45) is 0 Å². The fourth-order valence-electron chi connectivity index (χ4n) is 4.75.